The first kappa shape index (κ1) is 15.5. The maximum absolute atomic E-state index is 12.1. The normalized spacial score (nSPS) is 11.8. The fourth-order valence-electron chi connectivity index (χ4n) is 1.68. The molecule has 0 aromatic heterocycles. The Balaban J connectivity index is 2.02. The summed E-state index contributed by atoms with van der Waals surface area (Å²) in [5, 5.41) is 3.58. The van der Waals surface area contributed by atoms with Crippen LogP contribution in [0.3, 0.4) is 0 Å². The van der Waals surface area contributed by atoms with Crippen molar-refractivity contribution in [1.29, 1.82) is 0 Å². The number of anilines is 2. The molecule has 0 aliphatic rings. The fourth-order valence-corrected chi connectivity index (χ4v) is 2.13. The lowest BCUT2D eigenvalue weighted by Crippen LogP contribution is -2.30. The fraction of sp³-hybridized carbons (Fsp3) is 0.133. The molecule has 110 valence electrons. The number of halogens is 2. The average molecular weight is 325 g/mol. The van der Waals surface area contributed by atoms with Gasteiger partial charge in [-0.2, -0.15) is 0 Å². The van der Waals surface area contributed by atoms with Gasteiger partial charge in [0.15, 0.2) is 6.10 Å². The third-order valence-electron chi connectivity index (χ3n) is 2.72. The van der Waals surface area contributed by atoms with Gasteiger partial charge in [0.25, 0.3) is 5.91 Å². The summed E-state index contributed by atoms with van der Waals surface area (Å²) in [6.45, 7) is 1.63. The number of benzene rings is 2. The lowest BCUT2D eigenvalue weighted by Gasteiger charge is -2.16. The first-order valence-electron chi connectivity index (χ1n) is 6.24. The minimum Gasteiger partial charge on any atom is -0.479 e. The van der Waals surface area contributed by atoms with Gasteiger partial charge in [0.2, 0.25) is 0 Å². The molecule has 2 aromatic carbocycles. The molecule has 4 nitrogen and oxygen atoms in total. The molecule has 1 atom stereocenters. The second-order valence-electron chi connectivity index (χ2n) is 4.45. The zero-order valence-electron chi connectivity index (χ0n) is 11.3. The molecule has 0 fully saturated rings. The number of hydrogen-bond acceptors (Lipinski definition) is 3. The average Bonchev–Trinajstić information content (AvgIpc) is 2.41. The van der Waals surface area contributed by atoms with Crippen molar-refractivity contribution < 1.29 is 9.53 Å². The third kappa shape index (κ3) is 4.28. The zero-order valence-corrected chi connectivity index (χ0v) is 12.8. The van der Waals surface area contributed by atoms with Crippen LogP contribution in [0.2, 0.25) is 10.0 Å². The Labute approximate surface area is 132 Å². The van der Waals surface area contributed by atoms with Gasteiger partial charge in [0.1, 0.15) is 5.75 Å². The largest absolute Gasteiger partial charge is 0.479 e. The zero-order chi connectivity index (χ0) is 15.4. The smallest absolute Gasteiger partial charge is 0.265 e. The molecule has 0 saturated carbocycles. The predicted octanol–water partition coefficient (Wildman–Crippen LogP) is 3.98. The van der Waals surface area contributed by atoms with Crippen LogP contribution in [0.5, 0.6) is 5.75 Å². The summed E-state index contributed by atoms with van der Waals surface area (Å²) in [6, 6.07) is 11.7. The molecule has 0 heterocycles. The van der Waals surface area contributed by atoms with Crippen molar-refractivity contribution in [2.45, 2.75) is 13.0 Å². The Hall–Kier alpha value is -1.91. The number of nitrogens with one attached hydrogen (secondary N) is 1. The second kappa shape index (κ2) is 6.70. The summed E-state index contributed by atoms with van der Waals surface area (Å²) in [7, 11) is 0. The van der Waals surface area contributed by atoms with Gasteiger partial charge in [-0.1, -0.05) is 29.3 Å². The molecule has 0 saturated heterocycles. The maximum Gasteiger partial charge on any atom is 0.265 e. The van der Waals surface area contributed by atoms with Gasteiger partial charge >= 0.3 is 0 Å². The van der Waals surface area contributed by atoms with E-state index in [0.29, 0.717) is 27.2 Å². The SMILES string of the molecule is CC(Oc1ccc(Cl)cc1Cl)C(=O)Nc1cccc(N)c1. The Bertz CT molecular complexity index is 662. The van der Waals surface area contributed by atoms with Crippen molar-refractivity contribution in [2.24, 2.45) is 0 Å². The molecule has 0 radical (unpaired) electrons. The van der Waals surface area contributed by atoms with Gasteiger partial charge in [0.05, 0.1) is 5.02 Å². The van der Waals surface area contributed by atoms with E-state index in [0.717, 1.165) is 0 Å². The van der Waals surface area contributed by atoms with Gasteiger partial charge < -0.3 is 15.8 Å². The van der Waals surface area contributed by atoms with Gasteiger partial charge in [0, 0.05) is 16.4 Å². The van der Waals surface area contributed by atoms with Crippen LogP contribution >= 0.6 is 23.2 Å². The van der Waals surface area contributed by atoms with Crippen molar-refractivity contribution in [3.8, 4) is 5.75 Å². The van der Waals surface area contributed by atoms with Crippen LogP contribution in [0.4, 0.5) is 11.4 Å². The highest BCUT2D eigenvalue weighted by Gasteiger charge is 2.16. The number of nitrogen functional groups attached to an aromatic ring is 1. The first-order chi connectivity index (χ1) is 9.95. The molecular formula is C15H14Cl2N2O2. The molecular weight excluding hydrogens is 311 g/mol. The Morgan fingerprint density at radius 1 is 1.24 bits per heavy atom. The summed E-state index contributed by atoms with van der Waals surface area (Å²) in [6.07, 6.45) is -0.717. The number of ether oxygens (including phenoxy) is 1. The van der Waals surface area contributed by atoms with Crippen LogP contribution in [-0.4, -0.2) is 12.0 Å². The standard InChI is InChI=1S/C15H14Cl2N2O2/c1-9(21-14-6-5-10(16)7-13(14)17)15(20)19-12-4-2-3-11(18)8-12/h2-9H,18H2,1H3,(H,19,20). The van der Waals surface area contributed by atoms with Crippen molar-refractivity contribution in [3.05, 3.63) is 52.5 Å². The van der Waals surface area contributed by atoms with Gasteiger partial charge in [-0.05, 0) is 43.3 Å². The second-order valence-corrected chi connectivity index (χ2v) is 5.29. The van der Waals surface area contributed by atoms with Crippen LogP contribution in [0.15, 0.2) is 42.5 Å². The molecule has 21 heavy (non-hydrogen) atoms. The van der Waals surface area contributed by atoms with E-state index in [1.54, 1.807) is 49.4 Å². The topological polar surface area (TPSA) is 64.3 Å². The van der Waals surface area contributed by atoms with E-state index in [1.165, 1.54) is 0 Å². The van der Waals surface area contributed by atoms with Gasteiger partial charge in [-0.25, -0.2) is 0 Å². The minimum atomic E-state index is -0.717. The summed E-state index contributed by atoms with van der Waals surface area (Å²) < 4.78 is 5.53. The monoisotopic (exact) mass is 324 g/mol. The molecule has 0 aliphatic heterocycles. The molecule has 1 unspecified atom stereocenters. The summed E-state index contributed by atoms with van der Waals surface area (Å²) in [4.78, 5) is 12.1. The van der Waals surface area contributed by atoms with Crippen LogP contribution in [-0.2, 0) is 4.79 Å². The molecule has 0 aliphatic carbocycles. The summed E-state index contributed by atoms with van der Waals surface area (Å²) in [5.41, 5.74) is 6.84. The highest BCUT2D eigenvalue weighted by Crippen LogP contribution is 2.28. The first-order valence-corrected chi connectivity index (χ1v) is 6.99. The summed E-state index contributed by atoms with van der Waals surface area (Å²) >= 11 is 11.8. The van der Waals surface area contributed by atoms with Crippen molar-refractivity contribution in [2.75, 3.05) is 11.1 Å². The molecule has 6 heteroatoms. The molecule has 2 aromatic rings. The number of nitrogens with two attached hydrogens (primary N) is 1. The van der Waals surface area contributed by atoms with E-state index < -0.39 is 6.10 Å². The van der Waals surface area contributed by atoms with Gasteiger partial charge in [-0.15, -0.1) is 0 Å². The predicted molar refractivity (Wildman–Crippen MR) is 86.0 cm³/mol. The van der Waals surface area contributed by atoms with Crippen molar-refractivity contribution in [3.63, 3.8) is 0 Å². The molecule has 1 amide bonds. The van der Waals surface area contributed by atoms with Crippen molar-refractivity contribution >= 4 is 40.5 Å². The third-order valence-corrected chi connectivity index (χ3v) is 3.25. The van der Waals surface area contributed by atoms with Crippen LogP contribution in [0.25, 0.3) is 0 Å². The van der Waals surface area contributed by atoms with Crippen molar-refractivity contribution in [1.82, 2.24) is 0 Å². The van der Waals surface area contributed by atoms with E-state index in [1.807, 2.05) is 0 Å². The van der Waals surface area contributed by atoms with Gasteiger partial charge in [-0.3, -0.25) is 4.79 Å². The number of rotatable bonds is 4. The minimum absolute atomic E-state index is 0.299. The van der Waals surface area contributed by atoms with Crippen LogP contribution in [0, 0.1) is 0 Å². The Morgan fingerprint density at radius 3 is 2.67 bits per heavy atom. The molecule has 2 rings (SSSR count). The number of amides is 1. The maximum atomic E-state index is 12.1. The number of carbonyl (C=O) groups is 1. The lowest BCUT2D eigenvalue weighted by atomic mass is 10.2. The van der Waals surface area contributed by atoms with E-state index in [9.17, 15) is 4.79 Å². The van der Waals surface area contributed by atoms with Crippen LogP contribution < -0.4 is 15.8 Å². The van der Waals surface area contributed by atoms with E-state index in [2.05, 4.69) is 5.32 Å². The Morgan fingerprint density at radius 2 is 2.00 bits per heavy atom. The highest BCUT2D eigenvalue weighted by atomic mass is 35.5. The van der Waals surface area contributed by atoms with E-state index >= 15 is 0 Å². The number of hydrogen-bond donors (Lipinski definition) is 2. The molecule has 0 spiro atoms. The highest BCUT2D eigenvalue weighted by molar-refractivity contribution is 6.35. The van der Waals surface area contributed by atoms with E-state index in [-0.39, 0.29) is 5.91 Å². The molecule has 3 N–H and O–H groups in total. The van der Waals surface area contributed by atoms with Crippen LogP contribution in [0.1, 0.15) is 6.92 Å². The lowest BCUT2D eigenvalue weighted by molar-refractivity contribution is -0.122. The van der Waals surface area contributed by atoms with E-state index in [4.69, 9.17) is 33.7 Å². The quantitative estimate of drug-likeness (QED) is 0.836. The summed E-state index contributed by atoms with van der Waals surface area (Å²) in [5.74, 6) is 0.0999. The molecule has 0 bridgehead atoms. The Kier molecular flexibility index (Phi) is 4.94. The number of carbonyl (C=O) groups excluding carboxylic acids is 1.